The Labute approximate surface area is 183 Å². The Bertz CT molecular complexity index is 1190. The van der Waals surface area contributed by atoms with Crippen molar-refractivity contribution in [1.82, 2.24) is 0 Å². The summed E-state index contributed by atoms with van der Waals surface area (Å²) >= 11 is 6.97. The number of amides is 1. The second-order valence-electron chi connectivity index (χ2n) is 6.50. The minimum Gasteiger partial charge on any atom is -0.478 e. The van der Waals surface area contributed by atoms with Gasteiger partial charge in [-0.2, -0.15) is 13.2 Å². The number of carboxylic acids is 1. The first-order valence-electron chi connectivity index (χ1n) is 8.68. The Morgan fingerprint density at radius 3 is 2.26 bits per heavy atom. The Morgan fingerprint density at radius 2 is 1.68 bits per heavy atom. The summed E-state index contributed by atoms with van der Waals surface area (Å²) in [4.78, 5) is 24.7. The van der Waals surface area contributed by atoms with Gasteiger partial charge < -0.3 is 10.4 Å². The van der Waals surface area contributed by atoms with Gasteiger partial charge in [0.2, 0.25) is 0 Å². The van der Waals surface area contributed by atoms with Crippen molar-refractivity contribution in [2.45, 2.75) is 13.1 Å². The fourth-order valence-corrected chi connectivity index (χ4v) is 3.96. The molecule has 0 atom stereocenters. The van der Waals surface area contributed by atoms with Crippen molar-refractivity contribution >= 4 is 46.2 Å². The van der Waals surface area contributed by atoms with E-state index in [9.17, 15) is 22.8 Å². The van der Waals surface area contributed by atoms with E-state index in [2.05, 4.69) is 5.32 Å². The number of thiophene rings is 1. The normalized spacial score (nSPS) is 11.3. The molecule has 1 heterocycles. The highest BCUT2D eigenvalue weighted by Crippen LogP contribution is 2.35. The van der Waals surface area contributed by atoms with Gasteiger partial charge in [-0.1, -0.05) is 23.7 Å². The summed E-state index contributed by atoms with van der Waals surface area (Å²) in [7, 11) is 0. The first-order chi connectivity index (χ1) is 14.5. The number of carbonyl (C=O) groups is 2. The van der Waals surface area contributed by atoms with Crippen molar-refractivity contribution in [3.63, 3.8) is 0 Å². The van der Waals surface area contributed by atoms with E-state index < -0.39 is 29.2 Å². The van der Waals surface area contributed by atoms with E-state index in [1.807, 2.05) is 0 Å². The van der Waals surface area contributed by atoms with Gasteiger partial charge in [0, 0.05) is 15.5 Å². The van der Waals surface area contributed by atoms with Gasteiger partial charge in [-0.15, -0.1) is 11.3 Å². The number of halogens is 4. The number of hydrogen-bond donors (Lipinski definition) is 3. The van der Waals surface area contributed by atoms with Gasteiger partial charge >= 0.3 is 12.1 Å². The standard InChI is InChI=1S/C21H14ClF3N2O3S/c1-10-8-16(18(31-10)17(26)11-2-4-12(5-3-11)20(29)30)27-19(28)14-9-13(22)6-7-15(14)21(23,24)25/h2-9,26H,1H3,(H,27,28)(H,29,30). The molecule has 0 saturated carbocycles. The minimum atomic E-state index is -4.75. The van der Waals surface area contributed by atoms with E-state index in [1.54, 1.807) is 13.0 Å². The SMILES string of the molecule is Cc1cc(NC(=O)c2cc(Cl)ccc2C(F)(F)F)c(C(=N)c2ccc(C(=O)O)cc2)s1. The molecule has 0 unspecified atom stereocenters. The molecule has 10 heteroatoms. The highest BCUT2D eigenvalue weighted by Gasteiger charge is 2.35. The lowest BCUT2D eigenvalue weighted by Gasteiger charge is -2.14. The minimum absolute atomic E-state index is 0.00697. The highest BCUT2D eigenvalue weighted by atomic mass is 35.5. The lowest BCUT2D eigenvalue weighted by molar-refractivity contribution is -0.137. The molecule has 0 aliphatic rings. The average Bonchev–Trinajstić information content (AvgIpc) is 3.06. The van der Waals surface area contributed by atoms with Crippen LogP contribution in [0.15, 0.2) is 48.5 Å². The number of aryl methyl sites for hydroxylation is 1. The molecule has 0 spiro atoms. The first kappa shape index (κ1) is 22.5. The van der Waals surface area contributed by atoms with Gasteiger partial charge in [0.25, 0.3) is 5.91 Å². The summed E-state index contributed by atoms with van der Waals surface area (Å²) in [5, 5.41) is 19.9. The monoisotopic (exact) mass is 466 g/mol. The van der Waals surface area contributed by atoms with Gasteiger partial charge in [0.1, 0.15) is 0 Å². The molecular weight excluding hydrogens is 453 g/mol. The number of aromatic carboxylic acids is 1. The summed E-state index contributed by atoms with van der Waals surface area (Å²) in [5.41, 5.74) is -1.15. The van der Waals surface area contributed by atoms with Crippen LogP contribution < -0.4 is 5.32 Å². The Hall–Kier alpha value is -3.17. The molecule has 0 fully saturated rings. The van der Waals surface area contributed by atoms with Gasteiger partial charge in [0.05, 0.1) is 33.0 Å². The van der Waals surface area contributed by atoms with Crippen LogP contribution in [-0.4, -0.2) is 22.7 Å². The summed E-state index contributed by atoms with van der Waals surface area (Å²) in [6.45, 7) is 1.73. The second-order valence-corrected chi connectivity index (χ2v) is 8.19. The van der Waals surface area contributed by atoms with Crippen molar-refractivity contribution in [3.8, 4) is 0 Å². The maximum Gasteiger partial charge on any atom is 0.417 e. The second kappa shape index (κ2) is 8.52. The predicted molar refractivity (Wildman–Crippen MR) is 113 cm³/mol. The molecule has 2 aromatic carbocycles. The van der Waals surface area contributed by atoms with Gasteiger partial charge in [-0.05, 0) is 43.3 Å². The van der Waals surface area contributed by atoms with E-state index in [4.69, 9.17) is 22.1 Å². The smallest absolute Gasteiger partial charge is 0.417 e. The van der Waals surface area contributed by atoms with Crippen LogP contribution in [0.4, 0.5) is 18.9 Å². The number of benzene rings is 2. The van der Waals surface area contributed by atoms with Crippen molar-refractivity contribution in [2.24, 2.45) is 0 Å². The lowest BCUT2D eigenvalue weighted by atomic mass is 10.0. The molecule has 0 saturated heterocycles. The molecule has 0 aliphatic heterocycles. The average molecular weight is 467 g/mol. The third-order valence-electron chi connectivity index (χ3n) is 4.28. The van der Waals surface area contributed by atoms with Crippen LogP contribution in [0.1, 0.15) is 41.6 Å². The van der Waals surface area contributed by atoms with E-state index >= 15 is 0 Å². The number of anilines is 1. The van der Waals surface area contributed by atoms with Crippen LogP contribution >= 0.6 is 22.9 Å². The molecule has 5 nitrogen and oxygen atoms in total. The maximum atomic E-state index is 13.3. The van der Waals surface area contributed by atoms with Crippen LogP contribution in [0.25, 0.3) is 0 Å². The van der Waals surface area contributed by atoms with E-state index in [1.165, 1.54) is 35.6 Å². The zero-order valence-electron chi connectivity index (χ0n) is 15.8. The van der Waals surface area contributed by atoms with Crippen LogP contribution in [0.5, 0.6) is 0 Å². The van der Waals surface area contributed by atoms with Crippen molar-refractivity contribution in [2.75, 3.05) is 5.32 Å². The molecular formula is C21H14ClF3N2O3S. The van der Waals surface area contributed by atoms with Crippen molar-refractivity contribution < 1.29 is 27.9 Å². The number of hydrogen-bond acceptors (Lipinski definition) is 4. The van der Waals surface area contributed by atoms with Gasteiger partial charge in [-0.3, -0.25) is 10.2 Å². The van der Waals surface area contributed by atoms with Gasteiger partial charge in [0.15, 0.2) is 0 Å². The zero-order chi connectivity index (χ0) is 22.9. The Balaban J connectivity index is 1.94. The molecule has 3 N–H and O–H groups in total. The summed E-state index contributed by atoms with van der Waals surface area (Å²) < 4.78 is 39.9. The van der Waals surface area contributed by atoms with E-state index in [0.717, 1.165) is 23.1 Å². The van der Waals surface area contributed by atoms with Crippen molar-refractivity contribution in [3.05, 3.63) is 85.6 Å². The summed E-state index contributed by atoms with van der Waals surface area (Å²) in [5.74, 6) is -2.12. The Kier molecular flexibility index (Phi) is 6.19. The molecule has 0 radical (unpaired) electrons. The van der Waals surface area contributed by atoms with Crippen molar-refractivity contribution in [1.29, 1.82) is 5.41 Å². The molecule has 3 rings (SSSR count). The molecule has 0 aliphatic carbocycles. The fourth-order valence-electron chi connectivity index (χ4n) is 2.84. The summed E-state index contributed by atoms with van der Waals surface area (Å²) in [6, 6.07) is 9.86. The van der Waals surface area contributed by atoms with Crippen LogP contribution in [0, 0.1) is 12.3 Å². The van der Waals surface area contributed by atoms with Crippen LogP contribution in [0.2, 0.25) is 5.02 Å². The molecule has 3 aromatic rings. The number of carboxylic acid groups (broad SMARTS) is 1. The topological polar surface area (TPSA) is 90.3 Å². The van der Waals surface area contributed by atoms with Gasteiger partial charge in [-0.25, -0.2) is 4.79 Å². The maximum absolute atomic E-state index is 13.3. The van der Waals surface area contributed by atoms with Crippen LogP contribution in [0.3, 0.4) is 0 Å². The molecule has 160 valence electrons. The fraction of sp³-hybridized carbons (Fsp3) is 0.0952. The molecule has 1 amide bonds. The quantitative estimate of drug-likeness (QED) is 0.397. The zero-order valence-corrected chi connectivity index (χ0v) is 17.4. The largest absolute Gasteiger partial charge is 0.478 e. The first-order valence-corrected chi connectivity index (χ1v) is 9.88. The highest BCUT2D eigenvalue weighted by molar-refractivity contribution is 7.14. The molecule has 0 bridgehead atoms. The lowest BCUT2D eigenvalue weighted by Crippen LogP contribution is -2.19. The number of alkyl halides is 3. The predicted octanol–water partition coefficient (Wildman–Crippen LogP) is 6.10. The summed E-state index contributed by atoms with van der Waals surface area (Å²) in [6.07, 6.45) is -4.75. The third-order valence-corrected chi connectivity index (χ3v) is 5.59. The number of nitrogens with one attached hydrogen (secondary N) is 2. The number of carbonyl (C=O) groups excluding carboxylic acids is 1. The van der Waals surface area contributed by atoms with E-state index in [0.29, 0.717) is 10.4 Å². The van der Waals surface area contributed by atoms with Crippen LogP contribution in [-0.2, 0) is 6.18 Å². The van der Waals surface area contributed by atoms with E-state index in [-0.39, 0.29) is 22.0 Å². The molecule has 1 aromatic heterocycles. The third kappa shape index (κ3) is 4.95. The number of rotatable bonds is 5. The molecule has 31 heavy (non-hydrogen) atoms. The Morgan fingerprint density at radius 1 is 1.06 bits per heavy atom.